The molecule has 3 rings (SSSR count). The minimum absolute atomic E-state index is 0.0935. The minimum Gasteiger partial charge on any atom is -0.598 e. The molecule has 0 bridgehead atoms. The highest BCUT2D eigenvalue weighted by Crippen LogP contribution is 2.60. The number of hydrogen-bond acceptors (Lipinski definition) is 8. The molecule has 0 amide bonds. The van der Waals surface area contributed by atoms with Gasteiger partial charge in [0.2, 0.25) is 0 Å². The topological polar surface area (TPSA) is 137 Å². The number of fused-ring (bicyclic) bond motifs is 1. The van der Waals surface area contributed by atoms with E-state index in [2.05, 4.69) is 0 Å². The number of hydrogen-bond donors (Lipinski definition) is 0. The van der Waals surface area contributed by atoms with Gasteiger partial charge in [0, 0.05) is 12.0 Å². The van der Waals surface area contributed by atoms with Crippen LogP contribution in [0.3, 0.4) is 0 Å². The minimum atomic E-state index is -4.75. The van der Waals surface area contributed by atoms with Crippen LogP contribution in [0.1, 0.15) is 29.8 Å². The van der Waals surface area contributed by atoms with Crippen LogP contribution in [0, 0.1) is 26.1 Å². The predicted molar refractivity (Wildman–Crippen MR) is 80.1 cm³/mol. The predicted octanol–water partition coefficient (Wildman–Crippen LogP) is 2.53. The van der Waals surface area contributed by atoms with Crippen LogP contribution in [0.15, 0.2) is 18.2 Å². The molecule has 3 atom stereocenters. The van der Waals surface area contributed by atoms with Crippen LogP contribution in [0.25, 0.3) is 0 Å². The number of benzene rings is 1. The third kappa shape index (κ3) is 3.46. The lowest BCUT2D eigenvalue weighted by Crippen LogP contribution is -2.40. The molecule has 2 fully saturated rings. The summed E-state index contributed by atoms with van der Waals surface area (Å²) in [4.78, 5) is 33.0. The standard InChI is InChI=1S/C13H15N2O8P/c16-14(17)10-5-6-13(11(7-10)15(18)19)23-24(20)21-8-9-3-1-2-4-12(9)22-24/h5-7,9,12H,1-4,8H2/t9-,12-,24?/m0/s1/i8D2,12D. The van der Waals surface area contributed by atoms with E-state index in [0.717, 1.165) is 12.1 Å². The molecule has 1 heterocycles. The molecule has 0 radical (unpaired) electrons. The van der Waals surface area contributed by atoms with E-state index >= 15 is 0 Å². The van der Waals surface area contributed by atoms with Gasteiger partial charge in [-0.3, -0.25) is 24.8 Å². The summed E-state index contributed by atoms with van der Waals surface area (Å²) in [5.41, 5.74) is -1.45. The fraction of sp³-hybridized carbons (Fsp3) is 0.538. The summed E-state index contributed by atoms with van der Waals surface area (Å²) >= 11 is 0. The Morgan fingerprint density at radius 3 is 2.75 bits per heavy atom. The summed E-state index contributed by atoms with van der Waals surface area (Å²) in [7, 11) is -4.75. The van der Waals surface area contributed by atoms with Gasteiger partial charge in [0.15, 0.2) is 0 Å². The summed E-state index contributed by atoms with van der Waals surface area (Å²) < 4.78 is 39.4. The van der Waals surface area contributed by atoms with E-state index in [1.165, 1.54) is 0 Å². The Hall–Kier alpha value is -1.87. The van der Waals surface area contributed by atoms with Gasteiger partial charge >= 0.3 is 13.9 Å². The second kappa shape index (κ2) is 6.56. The molecule has 10 nitrogen and oxygen atoms in total. The molecule has 11 heteroatoms. The Kier molecular flexibility index (Phi) is 3.67. The second-order valence-electron chi connectivity index (χ2n) is 5.27. The van der Waals surface area contributed by atoms with Gasteiger partial charge in [0.25, 0.3) is 11.4 Å². The van der Waals surface area contributed by atoms with Crippen molar-refractivity contribution in [1.82, 2.24) is 0 Å². The van der Waals surface area contributed by atoms with Gasteiger partial charge < -0.3 is 4.89 Å². The lowest BCUT2D eigenvalue weighted by Gasteiger charge is -2.39. The van der Waals surface area contributed by atoms with Crippen molar-refractivity contribution < 1.29 is 32.4 Å². The zero-order valence-corrected chi connectivity index (χ0v) is 13.1. The maximum atomic E-state index is 12.9. The van der Waals surface area contributed by atoms with Gasteiger partial charge in [-0.1, -0.05) is 12.8 Å². The molecule has 1 unspecified atom stereocenters. The average Bonchev–Trinajstić information content (AvgIpc) is 2.52. The molecule has 1 aromatic carbocycles. The lowest BCUT2D eigenvalue weighted by atomic mass is 9.87. The SMILES string of the molecule is [2H]C1([2H])O[P+]([O-])(Oc2ccc([N+](=O)[O-])cc2[N+](=O)[O-])O[C@@]2([2H])CCCC[C@@H]12. The third-order valence-electron chi connectivity index (χ3n) is 3.65. The first-order chi connectivity index (χ1) is 12.5. The maximum Gasteiger partial charge on any atom is 0.429 e. The van der Waals surface area contributed by atoms with Crippen LogP contribution in [0.4, 0.5) is 11.4 Å². The number of nitro groups is 2. The highest BCUT2D eigenvalue weighted by atomic mass is 31.2. The quantitative estimate of drug-likeness (QED) is 0.453. The van der Waals surface area contributed by atoms with Crippen molar-refractivity contribution in [1.29, 1.82) is 0 Å². The fourth-order valence-electron chi connectivity index (χ4n) is 2.50. The molecule has 1 aliphatic heterocycles. The van der Waals surface area contributed by atoms with Crippen molar-refractivity contribution >= 4 is 19.5 Å². The number of non-ortho nitro benzene ring substituents is 1. The van der Waals surface area contributed by atoms with Crippen molar-refractivity contribution in [3.8, 4) is 5.75 Å². The molecular weight excluding hydrogens is 343 g/mol. The Balaban J connectivity index is 1.95. The molecule has 0 spiro atoms. The van der Waals surface area contributed by atoms with Crippen LogP contribution in [0.2, 0.25) is 0 Å². The van der Waals surface area contributed by atoms with Gasteiger partial charge in [-0.2, -0.15) is 9.05 Å². The number of nitrogens with zero attached hydrogens (tertiary/aromatic N) is 2. The Bertz CT molecular complexity index is 799. The summed E-state index contributed by atoms with van der Waals surface area (Å²) in [5.74, 6) is -1.65. The zero-order valence-electron chi connectivity index (χ0n) is 15.2. The second-order valence-corrected chi connectivity index (χ2v) is 6.71. The van der Waals surface area contributed by atoms with Crippen molar-refractivity contribution in [2.45, 2.75) is 31.8 Å². The zero-order chi connectivity index (χ0) is 20.0. The number of phosphoric acid groups is 1. The normalized spacial score (nSPS) is 36.5. The van der Waals surface area contributed by atoms with E-state index in [1.54, 1.807) is 0 Å². The van der Waals surface area contributed by atoms with E-state index < -0.39 is 53.7 Å². The Morgan fingerprint density at radius 1 is 1.29 bits per heavy atom. The summed E-state index contributed by atoms with van der Waals surface area (Å²) in [5, 5.41) is 22.0. The molecular formula is C13H15N2O8P. The highest BCUT2D eigenvalue weighted by molar-refractivity contribution is 7.54. The maximum absolute atomic E-state index is 12.9. The summed E-state index contributed by atoms with van der Waals surface area (Å²) in [6, 6.07) is 2.36. The van der Waals surface area contributed by atoms with Crippen LogP contribution in [0.5, 0.6) is 5.75 Å². The van der Waals surface area contributed by atoms with Gasteiger partial charge in [-0.05, 0) is 18.9 Å². The monoisotopic (exact) mass is 361 g/mol. The number of phosphoric ester groups is 1. The number of rotatable bonds is 4. The molecule has 1 aliphatic carbocycles. The molecule has 0 aromatic heterocycles. The molecule has 0 N–H and O–H groups in total. The molecule has 2 aliphatic rings. The molecule has 1 saturated heterocycles. The van der Waals surface area contributed by atoms with E-state index in [0.29, 0.717) is 18.9 Å². The van der Waals surface area contributed by atoms with Gasteiger partial charge in [-0.25, -0.2) is 0 Å². The fourth-order valence-corrected chi connectivity index (χ4v) is 3.77. The van der Waals surface area contributed by atoms with E-state index in [9.17, 15) is 25.1 Å². The van der Waals surface area contributed by atoms with Crippen LogP contribution < -0.4 is 9.42 Å². The largest absolute Gasteiger partial charge is 0.598 e. The summed E-state index contributed by atoms with van der Waals surface area (Å²) in [6.45, 7) is -2.51. The third-order valence-corrected chi connectivity index (χ3v) is 4.86. The smallest absolute Gasteiger partial charge is 0.429 e. The van der Waals surface area contributed by atoms with Gasteiger partial charge in [0.05, 0.1) is 20.0 Å². The Labute approximate surface area is 141 Å². The van der Waals surface area contributed by atoms with Crippen molar-refractivity contribution in [3.63, 3.8) is 0 Å². The average molecular weight is 361 g/mol. The molecule has 1 saturated carbocycles. The van der Waals surface area contributed by atoms with E-state index in [1.807, 2.05) is 0 Å². The van der Waals surface area contributed by atoms with E-state index in [-0.39, 0.29) is 12.8 Å². The van der Waals surface area contributed by atoms with Crippen LogP contribution in [-0.4, -0.2) is 22.5 Å². The molecule has 24 heavy (non-hydrogen) atoms. The highest BCUT2D eigenvalue weighted by Gasteiger charge is 2.48. The van der Waals surface area contributed by atoms with E-state index in [4.69, 9.17) is 17.7 Å². The van der Waals surface area contributed by atoms with Crippen molar-refractivity contribution in [2.75, 3.05) is 6.56 Å². The first-order valence-electron chi connectivity index (χ1n) is 8.60. The lowest BCUT2D eigenvalue weighted by molar-refractivity contribution is -0.394. The first-order valence-corrected chi connectivity index (χ1v) is 8.56. The van der Waals surface area contributed by atoms with Crippen LogP contribution in [-0.2, 0) is 9.05 Å². The first kappa shape index (κ1) is 13.4. The van der Waals surface area contributed by atoms with Crippen molar-refractivity contribution in [3.05, 3.63) is 38.4 Å². The Morgan fingerprint density at radius 2 is 2.04 bits per heavy atom. The van der Waals surface area contributed by atoms with Gasteiger partial charge in [0.1, 0.15) is 12.6 Å². The summed E-state index contributed by atoms with van der Waals surface area (Å²) in [6.07, 6.45) is -0.292. The number of nitro benzene ring substituents is 2. The molecule has 1 aromatic rings. The molecule has 130 valence electrons. The van der Waals surface area contributed by atoms with Gasteiger partial charge in [-0.15, -0.1) is 0 Å². The van der Waals surface area contributed by atoms with Crippen molar-refractivity contribution in [2.24, 2.45) is 5.92 Å². The van der Waals surface area contributed by atoms with Crippen LogP contribution >= 0.6 is 8.17 Å².